The Labute approximate surface area is 170 Å². The van der Waals surface area contributed by atoms with Crippen LogP contribution in [0, 0.1) is 0 Å². The average molecular weight is 427 g/mol. The number of hydrogen-bond donors (Lipinski definition) is 2. The molecular formula is C20H17N3O6S. The monoisotopic (exact) mass is 427 g/mol. The highest BCUT2D eigenvalue weighted by molar-refractivity contribution is 7.90. The van der Waals surface area contributed by atoms with E-state index < -0.39 is 32.5 Å². The standard InChI is InChI=1S/C20H17N3O6S/c1-30(28,29)15-5-2-13(3-6-15)20(18(25)26)9-8-12-10-14(4-7-16(12)20)23-19(27)22-17(24)11-21-23/h2-7,10-11H,8-9H2,1H3,(H,25,26)(H,22,24,27). The summed E-state index contributed by atoms with van der Waals surface area (Å²) in [5.74, 6) is -1.04. The van der Waals surface area contributed by atoms with Gasteiger partial charge in [-0.05, 0) is 53.8 Å². The number of sulfone groups is 1. The van der Waals surface area contributed by atoms with Crippen LogP contribution in [0.2, 0.25) is 0 Å². The fourth-order valence-corrected chi connectivity index (χ4v) is 4.59. The number of fused-ring (bicyclic) bond motifs is 1. The van der Waals surface area contributed by atoms with E-state index in [1.54, 1.807) is 18.2 Å². The Balaban J connectivity index is 1.84. The van der Waals surface area contributed by atoms with Crippen molar-refractivity contribution in [3.63, 3.8) is 0 Å². The van der Waals surface area contributed by atoms with E-state index in [-0.39, 0.29) is 11.3 Å². The molecule has 0 aliphatic heterocycles. The lowest BCUT2D eigenvalue weighted by atomic mass is 9.75. The van der Waals surface area contributed by atoms with Gasteiger partial charge in [0.05, 0.1) is 10.6 Å². The molecule has 3 aromatic rings. The van der Waals surface area contributed by atoms with Crippen molar-refractivity contribution < 1.29 is 18.3 Å². The Morgan fingerprint density at radius 1 is 1.17 bits per heavy atom. The highest BCUT2D eigenvalue weighted by Crippen LogP contribution is 2.45. The van der Waals surface area contributed by atoms with Crippen LogP contribution < -0.4 is 11.2 Å². The molecule has 2 N–H and O–H groups in total. The van der Waals surface area contributed by atoms with Crippen LogP contribution in [0.3, 0.4) is 0 Å². The smallest absolute Gasteiger partial charge is 0.349 e. The molecule has 1 aliphatic rings. The molecule has 154 valence electrons. The lowest BCUT2D eigenvalue weighted by Crippen LogP contribution is -2.35. The second-order valence-electron chi connectivity index (χ2n) is 7.20. The van der Waals surface area contributed by atoms with E-state index in [9.17, 15) is 27.9 Å². The van der Waals surface area contributed by atoms with Gasteiger partial charge in [-0.3, -0.25) is 14.6 Å². The normalized spacial score (nSPS) is 18.2. The van der Waals surface area contributed by atoms with Gasteiger partial charge in [-0.25, -0.2) is 13.2 Å². The molecule has 1 unspecified atom stereocenters. The molecule has 1 atom stereocenters. The number of hydrogen-bond acceptors (Lipinski definition) is 6. The van der Waals surface area contributed by atoms with Crippen molar-refractivity contribution in [2.24, 2.45) is 0 Å². The molecular weight excluding hydrogens is 410 g/mol. The van der Waals surface area contributed by atoms with Crippen LogP contribution in [-0.2, 0) is 26.5 Å². The minimum Gasteiger partial charge on any atom is -0.480 e. The van der Waals surface area contributed by atoms with Crippen molar-refractivity contribution in [1.82, 2.24) is 14.8 Å². The molecule has 0 spiro atoms. The molecule has 0 radical (unpaired) electrons. The Bertz CT molecular complexity index is 1390. The average Bonchev–Trinajstić information content (AvgIpc) is 3.07. The summed E-state index contributed by atoms with van der Waals surface area (Å²) in [4.78, 5) is 37.9. The Morgan fingerprint density at radius 2 is 1.87 bits per heavy atom. The number of carboxylic acid groups (broad SMARTS) is 1. The van der Waals surface area contributed by atoms with Gasteiger partial charge in [0.2, 0.25) is 0 Å². The van der Waals surface area contributed by atoms with Gasteiger partial charge in [-0.15, -0.1) is 0 Å². The molecule has 4 rings (SSSR count). The van der Waals surface area contributed by atoms with Gasteiger partial charge in [0.15, 0.2) is 9.84 Å². The summed E-state index contributed by atoms with van der Waals surface area (Å²) < 4.78 is 24.5. The van der Waals surface area contributed by atoms with E-state index in [4.69, 9.17) is 0 Å². The van der Waals surface area contributed by atoms with E-state index in [2.05, 4.69) is 10.1 Å². The van der Waals surface area contributed by atoms with Crippen molar-refractivity contribution in [3.8, 4) is 5.69 Å². The Kier molecular flexibility index (Phi) is 4.46. The number of rotatable bonds is 4. The van der Waals surface area contributed by atoms with E-state index in [1.165, 1.54) is 24.3 Å². The van der Waals surface area contributed by atoms with Crippen LogP contribution in [0.25, 0.3) is 5.69 Å². The molecule has 0 bridgehead atoms. The maximum Gasteiger partial charge on any atom is 0.349 e. The van der Waals surface area contributed by atoms with E-state index in [0.29, 0.717) is 23.2 Å². The van der Waals surface area contributed by atoms with Crippen LogP contribution in [0.1, 0.15) is 23.1 Å². The third-order valence-corrected chi connectivity index (χ3v) is 6.54. The summed E-state index contributed by atoms with van der Waals surface area (Å²) >= 11 is 0. The Morgan fingerprint density at radius 3 is 2.47 bits per heavy atom. The fourth-order valence-electron chi connectivity index (χ4n) is 3.96. The van der Waals surface area contributed by atoms with Gasteiger partial charge in [0.25, 0.3) is 5.56 Å². The minimum atomic E-state index is -3.40. The van der Waals surface area contributed by atoms with Crippen LogP contribution in [-0.4, -0.2) is 40.5 Å². The molecule has 1 heterocycles. The topological polar surface area (TPSA) is 139 Å². The van der Waals surface area contributed by atoms with Gasteiger partial charge >= 0.3 is 11.7 Å². The maximum absolute atomic E-state index is 12.4. The molecule has 30 heavy (non-hydrogen) atoms. The summed E-state index contributed by atoms with van der Waals surface area (Å²) in [6, 6.07) is 10.8. The van der Waals surface area contributed by atoms with Crippen molar-refractivity contribution in [3.05, 3.63) is 86.2 Å². The third kappa shape index (κ3) is 3.05. The summed E-state index contributed by atoms with van der Waals surface area (Å²) in [5.41, 5.74) is -0.434. The number of carbonyl (C=O) groups is 1. The molecule has 10 heteroatoms. The molecule has 0 saturated heterocycles. The molecule has 1 aromatic heterocycles. The quantitative estimate of drug-likeness (QED) is 0.623. The minimum absolute atomic E-state index is 0.115. The predicted molar refractivity (Wildman–Crippen MR) is 107 cm³/mol. The number of nitrogens with one attached hydrogen (secondary N) is 1. The van der Waals surface area contributed by atoms with Crippen molar-refractivity contribution in [2.45, 2.75) is 23.2 Å². The molecule has 9 nitrogen and oxygen atoms in total. The van der Waals surface area contributed by atoms with Crippen molar-refractivity contribution in [1.29, 1.82) is 0 Å². The number of nitrogens with zero attached hydrogens (tertiary/aromatic N) is 2. The van der Waals surface area contributed by atoms with Crippen LogP contribution in [0.4, 0.5) is 0 Å². The number of H-pyrrole nitrogens is 1. The van der Waals surface area contributed by atoms with Gasteiger partial charge in [-0.2, -0.15) is 9.78 Å². The highest BCUT2D eigenvalue weighted by Gasteiger charge is 2.47. The first-order chi connectivity index (χ1) is 14.1. The van der Waals surface area contributed by atoms with Crippen molar-refractivity contribution >= 4 is 15.8 Å². The van der Waals surface area contributed by atoms with Crippen LogP contribution in [0.5, 0.6) is 0 Å². The largest absolute Gasteiger partial charge is 0.480 e. The van der Waals surface area contributed by atoms with Gasteiger partial charge in [0.1, 0.15) is 11.6 Å². The van der Waals surface area contributed by atoms with Gasteiger partial charge < -0.3 is 5.11 Å². The van der Waals surface area contributed by atoms with Gasteiger partial charge in [-0.1, -0.05) is 18.2 Å². The number of aliphatic carboxylic acids is 1. The zero-order chi connectivity index (χ0) is 21.7. The Hall–Kier alpha value is -3.53. The lowest BCUT2D eigenvalue weighted by molar-refractivity contribution is -0.142. The fraction of sp³-hybridized carbons (Fsp3) is 0.200. The predicted octanol–water partition coefficient (Wildman–Crippen LogP) is 0.641. The van der Waals surface area contributed by atoms with E-state index in [0.717, 1.165) is 22.7 Å². The molecule has 0 saturated carbocycles. The van der Waals surface area contributed by atoms with E-state index >= 15 is 0 Å². The highest BCUT2D eigenvalue weighted by atomic mass is 32.2. The first-order valence-electron chi connectivity index (χ1n) is 8.99. The van der Waals surface area contributed by atoms with E-state index in [1.807, 2.05) is 0 Å². The molecule has 1 aliphatic carbocycles. The third-order valence-electron chi connectivity index (χ3n) is 5.42. The summed E-state index contributed by atoms with van der Waals surface area (Å²) in [5, 5.41) is 14.0. The first-order valence-corrected chi connectivity index (χ1v) is 10.9. The maximum atomic E-state index is 12.4. The molecule has 0 amide bonds. The molecule has 2 aromatic carbocycles. The van der Waals surface area contributed by atoms with Crippen LogP contribution in [0.15, 0.2) is 63.1 Å². The van der Waals surface area contributed by atoms with Crippen molar-refractivity contribution in [2.75, 3.05) is 6.26 Å². The number of aromatic nitrogens is 3. The summed E-state index contributed by atoms with van der Waals surface area (Å²) in [6.07, 6.45) is 2.81. The zero-order valence-electron chi connectivity index (χ0n) is 15.8. The lowest BCUT2D eigenvalue weighted by Gasteiger charge is -2.26. The SMILES string of the molecule is CS(=O)(=O)c1ccc(C2(C(=O)O)CCc3cc(-n4ncc(=O)[nH]c4=O)ccc32)cc1. The number of aromatic amines is 1. The second kappa shape index (κ2) is 6.77. The zero-order valence-corrected chi connectivity index (χ0v) is 16.6. The first kappa shape index (κ1) is 19.8. The van der Waals surface area contributed by atoms with Crippen LogP contribution >= 0.6 is 0 Å². The number of benzene rings is 2. The van der Waals surface area contributed by atoms with Gasteiger partial charge in [0, 0.05) is 6.26 Å². The second-order valence-corrected chi connectivity index (χ2v) is 9.21. The summed E-state index contributed by atoms with van der Waals surface area (Å²) in [7, 11) is -3.40. The summed E-state index contributed by atoms with van der Waals surface area (Å²) in [6.45, 7) is 0. The number of aryl methyl sites for hydroxylation is 1. The molecule has 0 fully saturated rings. The number of carboxylic acids is 1.